The molecule has 0 aromatic heterocycles. The first kappa shape index (κ1) is 15.8. The lowest BCUT2D eigenvalue weighted by molar-refractivity contribution is -0.130. The van der Waals surface area contributed by atoms with E-state index in [1.54, 1.807) is 17.0 Å². The summed E-state index contributed by atoms with van der Waals surface area (Å²) in [5, 5.41) is 0.690. The normalized spacial score (nSPS) is 10.3. The average molecular weight is 284 g/mol. The van der Waals surface area contributed by atoms with E-state index >= 15 is 0 Å². The quantitative estimate of drug-likeness (QED) is 0.680. The number of nitrogens with zero attached hydrogens (tertiary/aromatic N) is 1. The zero-order chi connectivity index (χ0) is 14.1. The molecule has 106 valence electrons. The standard InChI is InChI=1S/C15H22ClNO2/c1-3-4-5-6-15(18)17(2)11-12-19-14-9-7-13(16)8-10-14/h7-10H,3-6,11-12H2,1-2H3. The molecule has 0 spiro atoms. The molecule has 0 saturated carbocycles. The first-order valence-corrected chi connectivity index (χ1v) is 7.13. The minimum Gasteiger partial charge on any atom is -0.492 e. The van der Waals surface area contributed by atoms with Crippen LogP contribution in [0.2, 0.25) is 5.02 Å². The summed E-state index contributed by atoms with van der Waals surface area (Å²) in [6, 6.07) is 7.23. The van der Waals surface area contributed by atoms with Gasteiger partial charge in [0, 0.05) is 18.5 Å². The number of rotatable bonds is 8. The first-order valence-electron chi connectivity index (χ1n) is 6.75. The van der Waals surface area contributed by atoms with Crippen molar-refractivity contribution in [3.8, 4) is 5.75 Å². The van der Waals surface area contributed by atoms with Gasteiger partial charge in [-0.2, -0.15) is 0 Å². The van der Waals surface area contributed by atoms with Gasteiger partial charge in [-0.25, -0.2) is 0 Å². The number of halogens is 1. The number of hydrogen-bond acceptors (Lipinski definition) is 2. The molecule has 1 aromatic rings. The van der Waals surface area contributed by atoms with Crippen LogP contribution in [0.15, 0.2) is 24.3 Å². The van der Waals surface area contributed by atoms with Crippen LogP contribution in [0, 0.1) is 0 Å². The molecule has 0 radical (unpaired) electrons. The Balaban J connectivity index is 2.20. The molecule has 0 aliphatic carbocycles. The highest BCUT2D eigenvalue weighted by Gasteiger charge is 2.07. The predicted octanol–water partition coefficient (Wildman–Crippen LogP) is 3.76. The van der Waals surface area contributed by atoms with E-state index in [1.165, 1.54) is 0 Å². The van der Waals surface area contributed by atoms with Crippen LogP contribution >= 0.6 is 11.6 Å². The van der Waals surface area contributed by atoms with Gasteiger partial charge in [0.25, 0.3) is 0 Å². The summed E-state index contributed by atoms with van der Waals surface area (Å²) in [6.45, 7) is 3.24. The second-order valence-electron chi connectivity index (χ2n) is 4.57. The maximum atomic E-state index is 11.8. The van der Waals surface area contributed by atoms with Crippen LogP contribution in [0.1, 0.15) is 32.6 Å². The molecule has 1 rings (SSSR count). The number of unbranched alkanes of at least 4 members (excludes halogenated alkanes) is 2. The van der Waals surface area contributed by atoms with E-state index in [4.69, 9.17) is 16.3 Å². The van der Waals surface area contributed by atoms with Crippen LogP contribution in [-0.2, 0) is 4.79 Å². The molecule has 0 bridgehead atoms. The van der Waals surface area contributed by atoms with Crippen molar-refractivity contribution in [1.29, 1.82) is 0 Å². The van der Waals surface area contributed by atoms with Gasteiger partial charge in [0.1, 0.15) is 12.4 Å². The molecule has 0 unspecified atom stereocenters. The van der Waals surface area contributed by atoms with Gasteiger partial charge < -0.3 is 9.64 Å². The fraction of sp³-hybridized carbons (Fsp3) is 0.533. The molecular formula is C15H22ClNO2. The van der Waals surface area contributed by atoms with E-state index in [9.17, 15) is 4.79 Å². The summed E-state index contributed by atoms with van der Waals surface area (Å²) < 4.78 is 5.55. The summed E-state index contributed by atoms with van der Waals surface area (Å²) >= 11 is 5.79. The Morgan fingerprint density at radius 2 is 1.95 bits per heavy atom. The Kier molecular flexibility index (Phi) is 7.34. The van der Waals surface area contributed by atoms with Crippen LogP contribution in [0.25, 0.3) is 0 Å². The zero-order valence-electron chi connectivity index (χ0n) is 11.7. The molecule has 19 heavy (non-hydrogen) atoms. The van der Waals surface area contributed by atoms with Crippen molar-refractivity contribution in [2.45, 2.75) is 32.6 Å². The molecule has 0 heterocycles. The van der Waals surface area contributed by atoms with Crippen LogP contribution in [-0.4, -0.2) is 31.0 Å². The molecule has 0 fully saturated rings. The van der Waals surface area contributed by atoms with Crippen LogP contribution in [0.3, 0.4) is 0 Å². The highest BCUT2D eigenvalue weighted by molar-refractivity contribution is 6.30. The summed E-state index contributed by atoms with van der Waals surface area (Å²) in [7, 11) is 1.82. The number of ether oxygens (including phenoxy) is 1. The van der Waals surface area contributed by atoms with Crippen LogP contribution in [0.4, 0.5) is 0 Å². The maximum absolute atomic E-state index is 11.8. The van der Waals surface area contributed by atoms with Gasteiger partial charge in [0.2, 0.25) is 5.91 Å². The molecule has 4 heteroatoms. The Morgan fingerprint density at radius 1 is 1.26 bits per heavy atom. The summed E-state index contributed by atoms with van der Waals surface area (Å²) in [5.74, 6) is 0.962. The third-order valence-electron chi connectivity index (χ3n) is 2.93. The Morgan fingerprint density at radius 3 is 2.58 bits per heavy atom. The van der Waals surface area contributed by atoms with Gasteiger partial charge in [-0.1, -0.05) is 31.4 Å². The SMILES string of the molecule is CCCCCC(=O)N(C)CCOc1ccc(Cl)cc1. The van der Waals surface area contributed by atoms with E-state index in [1.807, 2.05) is 19.2 Å². The van der Waals surface area contributed by atoms with Crippen molar-refractivity contribution >= 4 is 17.5 Å². The zero-order valence-corrected chi connectivity index (χ0v) is 12.4. The Bertz CT molecular complexity index is 378. The van der Waals surface area contributed by atoms with Gasteiger partial charge in [0.15, 0.2) is 0 Å². The molecule has 0 N–H and O–H groups in total. The van der Waals surface area contributed by atoms with Crippen molar-refractivity contribution in [2.75, 3.05) is 20.2 Å². The lowest BCUT2D eigenvalue weighted by atomic mass is 10.2. The van der Waals surface area contributed by atoms with Crippen molar-refractivity contribution in [3.63, 3.8) is 0 Å². The van der Waals surface area contributed by atoms with Crippen molar-refractivity contribution in [3.05, 3.63) is 29.3 Å². The van der Waals surface area contributed by atoms with E-state index in [0.717, 1.165) is 25.0 Å². The molecule has 3 nitrogen and oxygen atoms in total. The Labute approximate surface area is 120 Å². The van der Waals surface area contributed by atoms with Gasteiger partial charge in [-0.3, -0.25) is 4.79 Å². The largest absolute Gasteiger partial charge is 0.492 e. The predicted molar refractivity (Wildman–Crippen MR) is 78.7 cm³/mol. The van der Waals surface area contributed by atoms with Crippen LogP contribution in [0.5, 0.6) is 5.75 Å². The number of carbonyl (C=O) groups excluding carboxylic acids is 1. The smallest absolute Gasteiger partial charge is 0.222 e. The molecule has 1 aromatic carbocycles. The van der Waals surface area contributed by atoms with Gasteiger partial charge in [0.05, 0.1) is 6.54 Å². The molecular weight excluding hydrogens is 262 g/mol. The highest BCUT2D eigenvalue weighted by Crippen LogP contribution is 2.15. The van der Waals surface area contributed by atoms with Gasteiger partial charge >= 0.3 is 0 Å². The second-order valence-corrected chi connectivity index (χ2v) is 5.01. The molecule has 1 amide bonds. The maximum Gasteiger partial charge on any atom is 0.222 e. The lowest BCUT2D eigenvalue weighted by Crippen LogP contribution is -2.30. The summed E-state index contributed by atoms with van der Waals surface area (Å²) in [5.41, 5.74) is 0. The van der Waals surface area contributed by atoms with Gasteiger partial charge in [-0.15, -0.1) is 0 Å². The fourth-order valence-corrected chi connectivity index (χ4v) is 1.80. The second kappa shape index (κ2) is 8.81. The number of benzene rings is 1. The van der Waals surface area contributed by atoms with E-state index < -0.39 is 0 Å². The number of hydrogen-bond donors (Lipinski definition) is 0. The summed E-state index contributed by atoms with van der Waals surface area (Å²) in [4.78, 5) is 13.5. The molecule has 0 saturated heterocycles. The number of amides is 1. The molecule has 0 aliphatic heterocycles. The van der Waals surface area contributed by atoms with Crippen molar-refractivity contribution in [2.24, 2.45) is 0 Å². The summed E-state index contributed by atoms with van der Waals surface area (Å²) in [6.07, 6.45) is 3.85. The minimum atomic E-state index is 0.188. The number of likely N-dealkylation sites (N-methyl/N-ethyl adjacent to an activating group) is 1. The minimum absolute atomic E-state index is 0.188. The van der Waals surface area contributed by atoms with Crippen molar-refractivity contribution in [1.82, 2.24) is 4.90 Å². The number of carbonyl (C=O) groups is 1. The van der Waals surface area contributed by atoms with Gasteiger partial charge in [-0.05, 0) is 30.7 Å². The molecule has 0 atom stereocenters. The lowest BCUT2D eigenvalue weighted by Gasteiger charge is -2.17. The monoisotopic (exact) mass is 283 g/mol. The van der Waals surface area contributed by atoms with E-state index in [-0.39, 0.29) is 5.91 Å². The Hall–Kier alpha value is -1.22. The molecule has 0 aliphatic rings. The highest BCUT2D eigenvalue weighted by atomic mass is 35.5. The van der Waals surface area contributed by atoms with E-state index in [2.05, 4.69) is 6.92 Å². The van der Waals surface area contributed by atoms with Crippen molar-refractivity contribution < 1.29 is 9.53 Å². The van der Waals surface area contributed by atoms with Crippen LogP contribution < -0.4 is 4.74 Å². The van der Waals surface area contributed by atoms with E-state index in [0.29, 0.717) is 24.6 Å². The fourth-order valence-electron chi connectivity index (χ4n) is 1.67. The third-order valence-corrected chi connectivity index (χ3v) is 3.18. The third kappa shape index (κ3) is 6.48. The first-order chi connectivity index (χ1) is 9.13. The average Bonchev–Trinajstić information content (AvgIpc) is 2.41. The topological polar surface area (TPSA) is 29.5 Å².